The van der Waals surface area contributed by atoms with Crippen LogP contribution in [0.15, 0.2) is 12.1 Å². The third-order valence-corrected chi connectivity index (χ3v) is 4.15. The van der Waals surface area contributed by atoms with Crippen LogP contribution in [0.25, 0.3) is 0 Å². The summed E-state index contributed by atoms with van der Waals surface area (Å²) in [5.41, 5.74) is 0.929. The van der Waals surface area contributed by atoms with E-state index in [0.29, 0.717) is 16.1 Å². The first-order chi connectivity index (χ1) is 8.08. The predicted molar refractivity (Wildman–Crippen MR) is 72.3 cm³/mol. The quantitative estimate of drug-likeness (QED) is 0.813. The van der Waals surface area contributed by atoms with Crippen LogP contribution < -0.4 is 4.74 Å². The average Bonchev–Trinajstić information content (AvgIpc) is 2.33. The number of piperidine rings is 1. The van der Waals surface area contributed by atoms with Gasteiger partial charge in [-0.25, -0.2) is 0 Å². The molecule has 0 amide bonds. The zero-order chi connectivity index (χ0) is 12.4. The van der Waals surface area contributed by atoms with Crippen molar-refractivity contribution in [2.24, 2.45) is 0 Å². The minimum absolute atomic E-state index is 0.294. The van der Waals surface area contributed by atoms with Crippen molar-refractivity contribution in [2.45, 2.75) is 25.9 Å². The van der Waals surface area contributed by atoms with E-state index in [9.17, 15) is 0 Å². The highest BCUT2D eigenvalue weighted by atomic mass is 35.5. The zero-order valence-electron chi connectivity index (χ0n) is 10.2. The minimum Gasteiger partial charge on any atom is -0.490 e. The van der Waals surface area contributed by atoms with Crippen LogP contribution in [0.3, 0.4) is 0 Å². The summed E-state index contributed by atoms with van der Waals surface area (Å²) in [4.78, 5) is 2.32. The van der Waals surface area contributed by atoms with Gasteiger partial charge in [0.15, 0.2) is 0 Å². The summed E-state index contributed by atoms with van der Waals surface area (Å²) in [7, 11) is 2.14. The minimum atomic E-state index is 0.294. The number of ether oxygens (including phenoxy) is 1. The summed E-state index contributed by atoms with van der Waals surface area (Å²) in [5, 5.41) is 1.18. The molecule has 0 unspecified atom stereocenters. The number of hydrogen-bond acceptors (Lipinski definition) is 2. The van der Waals surface area contributed by atoms with Gasteiger partial charge in [-0.3, -0.25) is 0 Å². The van der Waals surface area contributed by atoms with Crippen molar-refractivity contribution in [3.8, 4) is 5.75 Å². The van der Waals surface area contributed by atoms with Gasteiger partial charge in [-0.15, -0.1) is 0 Å². The molecule has 2 nitrogen and oxygen atoms in total. The van der Waals surface area contributed by atoms with Crippen molar-refractivity contribution in [1.82, 2.24) is 4.90 Å². The van der Waals surface area contributed by atoms with E-state index in [0.717, 1.165) is 37.2 Å². The van der Waals surface area contributed by atoms with E-state index in [4.69, 9.17) is 27.9 Å². The number of likely N-dealkylation sites (tertiary alicyclic amines) is 1. The van der Waals surface area contributed by atoms with E-state index in [1.807, 2.05) is 13.0 Å². The van der Waals surface area contributed by atoms with Gasteiger partial charge >= 0.3 is 0 Å². The lowest BCUT2D eigenvalue weighted by Gasteiger charge is -2.29. The first kappa shape index (κ1) is 13.0. The Morgan fingerprint density at radius 3 is 2.53 bits per heavy atom. The maximum Gasteiger partial charge on any atom is 0.124 e. The molecule has 0 atom stereocenters. The Hall–Kier alpha value is -0.440. The summed E-state index contributed by atoms with van der Waals surface area (Å²) in [6, 6.07) is 3.70. The van der Waals surface area contributed by atoms with Crippen LogP contribution in [0.4, 0.5) is 0 Å². The van der Waals surface area contributed by atoms with Gasteiger partial charge in [0.2, 0.25) is 0 Å². The SMILES string of the molecule is Cc1c(OC2CCN(C)CC2)ccc(Cl)c1Cl. The Kier molecular flexibility index (Phi) is 4.18. The fraction of sp³-hybridized carbons (Fsp3) is 0.538. The summed E-state index contributed by atoms with van der Waals surface area (Å²) < 4.78 is 6.00. The largest absolute Gasteiger partial charge is 0.490 e. The van der Waals surface area contributed by atoms with E-state index in [1.54, 1.807) is 6.07 Å². The molecule has 0 aromatic heterocycles. The monoisotopic (exact) mass is 273 g/mol. The third-order valence-electron chi connectivity index (χ3n) is 3.25. The lowest BCUT2D eigenvalue weighted by Crippen LogP contribution is -2.35. The highest BCUT2D eigenvalue weighted by Crippen LogP contribution is 2.33. The number of halogens is 2. The van der Waals surface area contributed by atoms with Crippen molar-refractivity contribution >= 4 is 23.2 Å². The lowest BCUT2D eigenvalue weighted by atomic mass is 10.1. The van der Waals surface area contributed by atoms with Crippen LogP contribution >= 0.6 is 23.2 Å². The molecule has 1 aromatic rings. The standard InChI is InChI=1S/C13H17Cl2NO/c1-9-12(4-3-11(14)13(9)15)17-10-5-7-16(2)8-6-10/h3-4,10H,5-8H2,1-2H3. The number of benzene rings is 1. The molecule has 94 valence electrons. The Morgan fingerprint density at radius 1 is 1.24 bits per heavy atom. The van der Waals surface area contributed by atoms with Gasteiger partial charge < -0.3 is 9.64 Å². The van der Waals surface area contributed by atoms with Gasteiger partial charge in [0.05, 0.1) is 10.0 Å². The van der Waals surface area contributed by atoms with Gasteiger partial charge in [-0.2, -0.15) is 0 Å². The molecule has 1 aliphatic heterocycles. The molecule has 1 saturated heterocycles. The van der Waals surface area contributed by atoms with E-state index >= 15 is 0 Å². The molecule has 0 saturated carbocycles. The molecule has 0 spiro atoms. The van der Waals surface area contributed by atoms with E-state index in [2.05, 4.69) is 11.9 Å². The van der Waals surface area contributed by atoms with Crippen LogP contribution in [0.2, 0.25) is 10.0 Å². The number of hydrogen-bond donors (Lipinski definition) is 0. The van der Waals surface area contributed by atoms with Gasteiger partial charge in [0.25, 0.3) is 0 Å². The molecule has 17 heavy (non-hydrogen) atoms. The van der Waals surface area contributed by atoms with Crippen molar-refractivity contribution in [3.05, 3.63) is 27.7 Å². The van der Waals surface area contributed by atoms with Gasteiger partial charge in [-0.1, -0.05) is 23.2 Å². The maximum atomic E-state index is 6.10. The van der Waals surface area contributed by atoms with Gasteiger partial charge in [0, 0.05) is 18.7 Å². The summed E-state index contributed by atoms with van der Waals surface area (Å²) in [6.45, 7) is 4.12. The Bertz CT molecular complexity index is 401. The Labute approximate surface area is 112 Å². The molecular formula is C13H17Cl2NO. The number of nitrogens with zero attached hydrogens (tertiary/aromatic N) is 1. The highest BCUT2D eigenvalue weighted by molar-refractivity contribution is 6.42. The summed E-state index contributed by atoms with van der Waals surface area (Å²) in [5.74, 6) is 0.856. The maximum absolute atomic E-state index is 6.10. The second-order valence-electron chi connectivity index (χ2n) is 4.60. The van der Waals surface area contributed by atoms with E-state index < -0.39 is 0 Å². The predicted octanol–water partition coefficient (Wildman–Crippen LogP) is 3.77. The smallest absolute Gasteiger partial charge is 0.124 e. The van der Waals surface area contributed by atoms with Crippen LogP contribution in [-0.2, 0) is 0 Å². The normalized spacial score (nSPS) is 18.4. The first-order valence-corrected chi connectivity index (χ1v) is 6.63. The fourth-order valence-electron chi connectivity index (χ4n) is 2.04. The molecular weight excluding hydrogens is 257 g/mol. The third kappa shape index (κ3) is 3.06. The molecule has 2 rings (SSSR count). The lowest BCUT2D eigenvalue weighted by molar-refractivity contribution is 0.113. The average molecular weight is 274 g/mol. The topological polar surface area (TPSA) is 12.5 Å². The Balaban J connectivity index is 2.06. The van der Waals surface area contributed by atoms with Crippen molar-refractivity contribution in [2.75, 3.05) is 20.1 Å². The molecule has 1 fully saturated rings. The van der Waals surface area contributed by atoms with Crippen molar-refractivity contribution in [1.29, 1.82) is 0 Å². The van der Waals surface area contributed by atoms with Crippen LogP contribution in [0.1, 0.15) is 18.4 Å². The van der Waals surface area contributed by atoms with Crippen LogP contribution in [-0.4, -0.2) is 31.1 Å². The van der Waals surface area contributed by atoms with Gasteiger partial charge in [-0.05, 0) is 38.9 Å². The van der Waals surface area contributed by atoms with Crippen LogP contribution in [0.5, 0.6) is 5.75 Å². The second-order valence-corrected chi connectivity index (χ2v) is 5.39. The van der Waals surface area contributed by atoms with Crippen molar-refractivity contribution in [3.63, 3.8) is 0 Å². The van der Waals surface area contributed by atoms with Crippen LogP contribution in [0, 0.1) is 6.92 Å². The highest BCUT2D eigenvalue weighted by Gasteiger charge is 2.19. The summed E-state index contributed by atoms with van der Waals surface area (Å²) in [6.07, 6.45) is 2.42. The molecule has 1 aromatic carbocycles. The Morgan fingerprint density at radius 2 is 1.88 bits per heavy atom. The van der Waals surface area contributed by atoms with E-state index in [1.165, 1.54) is 0 Å². The second kappa shape index (κ2) is 5.47. The molecule has 0 aliphatic carbocycles. The molecule has 0 bridgehead atoms. The van der Waals surface area contributed by atoms with Crippen molar-refractivity contribution < 1.29 is 4.74 Å². The molecule has 0 N–H and O–H groups in total. The molecule has 0 radical (unpaired) electrons. The molecule has 1 heterocycles. The van der Waals surface area contributed by atoms with Gasteiger partial charge in [0.1, 0.15) is 11.9 Å². The summed E-state index contributed by atoms with van der Waals surface area (Å²) >= 11 is 12.1. The first-order valence-electron chi connectivity index (χ1n) is 5.87. The fourth-order valence-corrected chi connectivity index (χ4v) is 2.41. The zero-order valence-corrected chi connectivity index (χ0v) is 11.7. The van der Waals surface area contributed by atoms with E-state index in [-0.39, 0.29) is 0 Å². The molecule has 1 aliphatic rings. The molecule has 4 heteroatoms. The number of rotatable bonds is 2.